The van der Waals surface area contributed by atoms with E-state index in [9.17, 15) is 4.79 Å². The van der Waals surface area contributed by atoms with Gasteiger partial charge >= 0.3 is 0 Å². The van der Waals surface area contributed by atoms with E-state index in [2.05, 4.69) is 27.3 Å². The van der Waals surface area contributed by atoms with Crippen molar-refractivity contribution in [1.29, 1.82) is 0 Å². The fraction of sp³-hybridized carbons (Fsp3) is 0.409. The lowest BCUT2D eigenvalue weighted by Crippen LogP contribution is -2.45. The van der Waals surface area contributed by atoms with E-state index in [-0.39, 0.29) is 23.0 Å². The highest BCUT2D eigenvalue weighted by molar-refractivity contribution is 6.03. The lowest BCUT2D eigenvalue weighted by molar-refractivity contribution is 0.0154. The molecule has 4 aromatic rings. The van der Waals surface area contributed by atoms with E-state index < -0.39 is 0 Å². The topological polar surface area (TPSA) is 108 Å². The monoisotopic (exact) mass is 433 g/mol. The molecule has 1 N–H and O–H groups in total. The van der Waals surface area contributed by atoms with Crippen molar-refractivity contribution in [3.63, 3.8) is 0 Å². The van der Waals surface area contributed by atoms with Gasteiger partial charge in [-0.15, -0.1) is 0 Å². The minimum absolute atomic E-state index is 0.0311. The number of anilines is 1. The largest absolute Gasteiger partial charge is 0.473 e. The van der Waals surface area contributed by atoms with Crippen LogP contribution in [0.5, 0.6) is 5.88 Å². The minimum Gasteiger partial charge on any atom is -0.473 e. The third-order valence-corrected chi connectivity index (χ3v) is 6.20. The zero-order valence-electron chi connectivity index (χ0n) is 18.1. The number of rotatable bonds is 5. The van der Waals surface area contributed by atoms with Crippen molar-refractivity contribution in [3.8, 4) is 5.88 Å². The summed E-state index contributed by atoms with van der Waals surface area (Å²) in [6.07, 6.45) is 8.75. The lowest BCUT2D eigenvalue weighted by Gasteiger charge is -2.41. The average Bonchev–Trinajstić information content (AvgIpc) is 3.48. The van der Waals surface area contributed by atoms with Gasteiger partial charge < -0.3 is 14.8 Å². The first kappa shape index (κ1) is 19.2. The zero-order valence-corrected chi connectivity index (χ0v) is 18.1. The molecule has 2 saturated heterocycles. The van der Waals surface area contributed by atoms with Crippen LogP contribution in [0.2, 0.25) is 0 Å². The van der Waals surface area contributed by atoms with Gasteiger partial charge in [0.05, 0.1) is 30.2 Å². The van der Waals surface area contributed by atoms with E-state index in [1.165, 1.54) is 4.52 Å². The van der Waals surface area contributed by atoms with Gasteiger partial charge in [-0.1, -0.05) is 0 Å². The van der Waals surface area contributed by atoms with E-state index >= 15 is 0 Å². The Morgan fingerprint density at radius 3 is 2.81 bits per heavy atom. The van der Waals surface area contributed by atoms with Crippen LogP contribution < -0.4 is 10.1 Å². The van der Waals surface area contributed by atoms with E-state index in [1.54, 1.807) is 30.7 Å². The predicted octanol–water partition coefficient (Wildman–Crippen LogP) is 2.63. The molecule has 0 unspecified atom stereocenters. The first-order chi connectivity index (χ1) is 15.3. The Bertz CT molecular complexity index is 1370. The van der Waals surface area contributed by atoms with Crippen LogP contribution in [0.4, 0.5) is 5.69 Å². The van der Waals surface area contributed by atoms with Crippen molar-refractivity contribution in [2.45, 2.75) is 50.7 Å². The Labute approximate surface area is 183 Å². The molecule has 1 amide bonds. The van der Waals surface area contributed by atoms with Gasteiger partial charge in [-0.25, -0.2) is 14.5 Å². The fourth-order valence-corrected chi connectivity index (χ4v) is 4.91. The van der Waals surface area contributed by atoms with Gasteiger partial charge in [-0.3, -0.25) is 9.20 Å². The third-order valence-electron chi connectivity index (χ3n) is 6.20. The van der Waals surface area contributed by atoms with Gasteiger partial charge in [0.1, 0.15) is 11.4 Å². The molecule has 10 heteroatoms. The van der Waals surface area contributed by atoms with E-state index in [0.29, 0.717) is 35.3 Å². The van der Waals surface area contributed by atoms with Crippen LogP contribution in [0, 0.1) is 0 Å². The molecule has 0 atom stereocenters. The highest BCUT2D eigenvalue weighted by Gasteiger charge is 2.61. The quantitative estimate of drug-likeness (QED) is 0.515. The highest BCUT2D eigenvalue weighted by atomic mass is 16.5. The number of hydrogen-bond donors (Lipinski definition) is 1. The molecular weight excluding hydrogens is 410 g/mol. The summed E-state index contributed by atoms with van der Waals surface area (Å²) in [5, 5.41) is 7.11. The third kappa shape index (κ3) is 2.86. The number of carbonyl (C=O) groups excluding carboxylic acids is 1. The SMILES string of the molecule is CC(C)Oc1nc2nc(C34COC(C)(C3)C4)cn2cc1NC(=O)c1ccnc2ccnn12. The molecule has 0 aromatic carbocycles. The summed E-state index contributed by atoms with van der Waals surface area (Å²) < 4.78 is 15.2. The van der Waals surface area contributed by atoms with Crippen molar-refractivity contribution >= 4 is 23.0 Å². The van der Waals surface area contributed by atoms with Crippen molar-refractivity contribution in [1.82, 2.24) is 29.0 Å². The summed E-state index contributed by atoms with van der Waals surface area (Å²) in [6, 6.07) is 3.36. The maximum atomic E-state index is 13.1. The van der Waals surface area contributed by atoms with Crippen molar-refractivity contribution in [2.75, 3.05) is 11.9 Å². The second kappa shape index (κ2) is 6.49. The number of ether oxygens (including phenoxy) is 2. The molecule has 0 spiro atoms. The van der Waals surface area contributed by atoms with Crippen LogP contribution in [-0.4, -0.2) is 53.2 Å². The smallest absolute Gasteiger partial charge is 0.274 e. The van der Waals surface area contributed by atoms with Crippen molar-refractivity contribution in [2.24, 2.45) is 0 Å². The zero-order chi connectivity index (χ0) is 22.1. The molecule has 3 aliphatic rings. The van der Waals surface area contributed by atoms with E-state index in [0.717, 1.165) is 18.5 Å². The summed E-state index contributed by atoms with van der Waals surface area (Å²) in [4.78, 5) is 26.7. The molecule has 10 nitrogen and oxygen atoms in total. The van der Waals surface area contributed by atoms with Gasteiger partial charge in [0.15, 0.2) is 5.65 Å². The Kier molecular flexibility index (Phi) is 3.89. The van der Waals surface area contributed by atoms with Crippen LogP contribution in [0.1, 0.15) is 49.8 Å². The molecule has 1 aliphatic carbocycles. The molecule has 2 bridgehead atoms. The number of carbonyl (C=O) groups is 1. The molecule has 0 radical (unpaired) electrons. The van der Waals surface area contributed by atoms with E-state index in [4.69, 9.17) is 14.5 Å². The molecular formula is C22H23N7O3. The molecule has 1 saturated carbocycles. The molecule has 32 heavy (non-hydrogen) atoms. The van der Waals surface area contributed by atoms with Crippen LogP contribution in [0.25, 0.3) is 11.4 Å². The van der Waals surface area contributed by atoms with Crippen molar-refractivity contribution < 1.29 is 14.3 Å². The Balaban J connectivity index is 1.38. The second-order valence-corrected chi connectivity index (χ2v) is 9.22. The van der Waals surface area contributed by atoms with Crippen LogP contribution in [0.3, 0.4) is 0 Å². The normalized spacial score (nSPS) is 24.2. The first-order valence-corrected chi connectivity index (χ1v) is 10.7. The predicted molar refractivity (Wildman–Crippen MR) is 115 cm³/mol. The number of fused-ring (bicyclic) bond motifs is 3. The molecule has 164 valence electrons. The van der Waals surface area contributed by atoms with Gasteiger partial charge in [0, 0.05) is 30.1 Å². The second-order valence-electron chi connectivity index (χ2n) is 9.22. The van der Waals surface area contributed by atoms with E-state index in [1.807, 2.05) is 24.4 Å². The van der Waals surface area contributed by atoms with Crippen LogP contribution in [0.15, 0.2) is 36.9 Å². The number of imidazole rings is 1. The Hall–Kier alpha value is -3.53. The summed E-state index contributed by atoms with van der Waals surface area (Å²) in [7, 11) is 0. The molecule has 2 aliphatic heterocycles. The van der Waals surface area contributed by atoms with Gasteiger partial charge in [-0.05, 0) is 39.7 Å². The first-order valence-electron chi connectivity index (χ1n) is 10.7. The average molecular weight is 433 g/mol. The summed E-state index contributed by atoms with van der Waals surface area (Å²) in [5.74, 6) is 0.512. The molecule has 3 fully saturated rings. The Morgan fingerprint density at radius 1 is 1.22 bits per heavy atom. The number of hydrogen-bond acceptors (Lipinski definition) is 7. The molecule has 6 heterocycles. The van der Waals surface area contributed by atoms with Gasteiger partial charge in [0.2, 0.25) is 11.7 Å². The minimum atomic E-state index is -0.339. The highest BCUT2D eigenvalue weighted by Crippen LogP contribution is 2.58. The van der Waals surface area contributed by atoms with Crippen LogP contribution >= 0.6 is 0 Å². The lowest BCUT2D eigenvalue weighted by atomic mass is 9.62. The molecule has 7 rings (SSSR count). The summed E-state index contributed by atoms with van der Waals surface area (Å²) >= 11 is 0. The number of nitrogens with one attached hydrogen (secondary N) is 1. The van der Waals surface area contributed by atoms with Crippen molar-refractivity contribution in [3.05, 3.63) is 48.3 Å². The standard InChI is InChI=1S/C22H23N7O3/c1-13(2)32-19-14(25-18(30)15-4-6-23-17-5-7-24-29(15)17)8-28-9-16(26-20(28)27-19)22-10-21(3,11-22)31-12-22/h4-9,13H,10-12H2,1-3H3,(H,25,30). The number of amides is 1. The molecule has 4 aromatic heterocycles. The maximum absolute atomic E-state index is 13.1. The number of aromatic nitrogens is 6. The van der Waals surface area contributed by atoms with Gasteiger partial charge in [-0.2, -0.15) is 10.1 Å². The van der Waals surface area contributed by atoms with Gasteiger partial charge in [0.25, 0.3) is 5.91 Å². The fourth-order valence-electron chi connectivity index (χ4n) is 4.91. The van der Waals surface area contributed by atoms with Crippen LogP contribution in [-0.2, 0) is 10.2 Å². The number of nitrogens with zero attached hydrogens (tertiary/aromatic N) is 6. The summed E-state index contributed by atoms with van der Waals surface area (Å²) in [5.41, 5.74) is 2.29. The maximum Gasteiger partial charge on any atom is 0.274 e. The summed E-state index contributed by atoms with van der Waals surface area (Å²) in [6.45, 7) is 6.64. The Morgan fingerprint density at radius 2 is 2.06 bits per heavy atom.